The zero-order valence-corrected chi connectivity index (χ0v) is 12.1. The minimum Gasteiger partial charge on any atom is -0.354 e. The predicted molar refractivity (Wildman–Crippen MR) is 74.6 cm³/mol. The van der Waals surface area contributed by atoms with Gasteiger partial charge in [0.05, 0.1) is 16.2 Å². The van der Waals surface area contributed by atoms with Gasteiger partial charge in [0, 0.05) is 32.4 Å². The average Bonchev–Trinajstić information content (AvgIpc) is 2.69. The molecule has 18 heavy (non-hydrogen) atoms. The molecule has 0 N–H and O–H groups in total. The molecular formula is C11H11Cl3N4. The minimum absolute atomic E-state index is 0.245. The van der Waals surface area contributed by atoms with Gasteiger partial charge in [0.15, 0.2) is 0 Å². The van der Waals surface area contributed by atoms with E-state index >= 15 is 0 Å². The second kappa shape index (κ2) is 5.34. The van der Waals surface area contributed by atoms with Crippen molar-refractivity contribution in [3.05, 3.63) is 39.2 Å². The fourth-order valence-corrected chi connectivity index (χ4v) is 2.24. The molecule has 0 spiro atoms. The molecule has 0 amide bonds. The van der Waals surface area contributed by atoms with Gasteiger partial charge in [-0.15, -0.1) is 0 Å². The topological polar surface area (TPSA) is 34.0 Å². The van der Waals surface area contributed by atoms with Crippen molar-refractivity contribution in [1.29, 1.82) is 0 Å². The molecule has 2 rings (SSSR count). The molecule has 0 fully saturated rings. The molecule has 0 aromatic carbocycles. The van der Waals surface area contributed by atoms with Crippen LogP contribution in [0.15, 0.2) is 18.5 Å². The lowest BCUT2D eigenvalue weighted by Crippen LogP contribution is -2.18. The van der Waals surface area contributed by atoms with Crippen LogP contribution in [0.1, 0.15) is 5.56 Å². The molecule has 2 aromatic heterocycles. The van der Waals surface area contributed by atoms with Crippen LogP contribution in [0.25, 0.3) is 0 Å². The van der Waals surface area contributed by atoms with Gasteiger partial charge in [-0.3, -0.25) is 4.68 Å². The Morgan fingerprint density at radius 1 is 1.28 bits per heavy atom. The van der Waals surface area contributed by atoms with Crippen LogP contribution in [0.3, 0.4) is 0 Å². The highest BCUT2D eigenvalue weighted by molar-refractivity contribution is 6.42. The molecule has 0 bridgehead atoms. The Morgan fingerprint density at radius 2 is 2.00 bits per heavy atom. The maximum absolute atomic E-state index is 6.10. The summed E-state index contributed by atoms with van der Waals surface area (Å²) in [5.74, 6) is 0.593. The molecule has 0 radical (unpaired) electrons. The summed E-state index contributed by atoms with van der Waals surface area (Å²) in [4.78, 5) is 6.07. The fraction of sp³-hybridized carbons (Fsp3) is 0.273. The van der Waals surface area contributed by atoms with Gasteiger partial charge in [-0.2, -0.15) is 5.10 Å². The summed E-state index contributed by atoms with van der Waals surface area (Å²) >= 11 is 17.8. The molecule has 0 saturated carbocycles. The molecule has 0 aliphatic rings. The Balaban J connectivity index is 2.23. The van der Waals surface area contributed by atoms with E-state index < -0.39 is 0 Å². The van der Waals surface area contributed by atoms with E-state index in [9.17, 15) is 0 Å². The summed E-state index contributed by atoms with van der Waals surface area (Å²) in [5.41, 5.74) is 1.06. The maximum atomic E-state index is 6.10. The fourth-order valence-electron chi connectivity index (χ4n) is 1.61. The molecule has 7 heteroatoms. The van der Waals surface area contributed by atoms with Gasteiger partial charge in [-0.25, -0.2) is 4.98 Å². The van der Waals surface area contributed by atoms with Crippen LogP contribution in [-0.2, 0) is 13.6 Å². The summed E-state index contributed by atoms with van der Waals surface area (Å²) in [6.07, 6.45) is 3.73. The first-order valence-corrected chi connectivity index (χ1v) is 6.31. The Hall–Kier alpha value is -0.970. The molecule has 0 aliphatic heterocycles. The number of hydrogen-bond donors (Lipinski definition) is 0. The lowest BCUT2D eigenvalue weighted by atomic mass is 10.3. The summed E-state index contributed by atoms with van der Waals surface area (Å²) in [7, 11) is 3.75. The smallest absolute Gasteiger partial charge is 0.150 e. The summed E-state index contributed by atoms with van der Waals surface area (Å²) < 4.78 is 1.74. The molecule has 2 aromatic rings. The summed E-state index contributed by atoms with van der Waals surface area (Å²) in [6, 6.07) is 1.59. The van der Waals surface area contributed by atoms with Crippen molar-refractivity contribution >= 4 is 40.6 Å². The van der Waals surface area contributed by atoms with Crippen molar-refractivity contribution in [2.45, 2.75) is 6.54 Å². The minimum atomic E-state index is 0.245. The standard InChI is InChI=1S/C11H11Cl3N4/c1-17(5-7-4-15-18(2)6-7)11-9(13)3-8(12)10(14)16-11/h3-4,6H,5H2,1-2H3. The molecular weight excluding hydrogens is 295 g/mol. The first kappa shape index (κ1) is 13.5. The van der Waals surface area contributed by atoms with E-state index in [2.05, 4.69) is 10.1 Å². The van der Waals surface area contributed by atoms with Crippen LogP contribution in [0.5, 0.6) is 0 Å². The molecule has 96 valence electrons. The first-order valence-electron chi connectivity index (χ1n) is 5.17. The van der Waals surface area contributed by atoms with E-state index in [1.807, 2.05) is 25.2 Å². The van der Waals surface area contributed by atoms with E-state index in [0.717, 1.165) is 5.56 Å². The van der Waals surface area contributed by atoms with Gasteiger partial charge in [-0.1, -0.05) is 34.8 Å². The van der Waals surface area contributed by atoms with Gasteiger partial charge in [0.1, 0.15) is 11.0 Å². The number of aryl methyl sites for hydroxylation is 1. The third-order valence-corrected chi connectivity index (χ3v) is 3.36. The molecule has 4 nitrogen and oxygen atoms in total. The van der Waals surface area contributed by atoms with Gasteiger partial charge in [0.2, 0.25) is 0 Å². The number of rotatable bonds is 3. The lowest BCUT2D eigenvalue weighted by Gasteiger charge is -2.19. The first-order chi connectivity index (χ1) is 8.47. The normalized spacial score (nSPS) is 10.7. The highest BCUT2D eigenvalue weighted by Gasteiger charge is 2.12. The van der Waals surface area contributed by atoms with Gasteiger partial charge < -0.3 is 4.90 Å². The highest BCUT2D eigenvalue weighted by Crippen LogP contribution is 2.31. The van der Waals surface area contributed by atoms with Gasteiger partial charge in [-0.05, 0) is 6.07 Å². The highest BCUT2D eigenvalue weighted by atomic mass is 35.5. The van der Waals surface area contributed by atoms with Crippen molar-refractivity contribution < 1.29 is 0 Å². The monoisotopic (exact) mass is 304 g/mol. The number of pyridine rings is 1. The van der Waals surface area contributed by atoms with Crippen LogP contribution in [0, 0.1) is 0 Å². The molecule has 0 saturated heterocycles. The number of nitrogens with zero attached hydrogens (tertiary/aromatic N) is 4. The molecule has 0 unspecified atom stereocenters. The third-order valence-electron chi connectivity index (χ3n) is 2.41. The summed E-state index contributed by atoms with van der Waals surface area (Å²) in [6.45, 7) is 0.637. The number of halogens is 3. The van der Waals surface area contributed by atoms with E-state index in [0.29, 0.717) is 22.4 Å². The van der Waals surface area contributed by atoms with Crippen molar-refractivity contribution in [2.75, 3.05) is 11.9 Å². The Bertz CT molecular complexity index is 567. The predicted octanol–water partition coefficient (Wildman–Crippen LogP) is 3.41. The van der Waals surface area contributed by atoms with Crippen LogP contribution >= 0.6 is 34.8 Å². The quantitative estimate of drug-likeness (QED) is 0.815. The van der Waals surface area contributed by atoms with Crippen LogP contribution in [0.2, 0.25) is 15.2 Å². The Labute approximate surface area is 120 Å². The van der Waals surface area contributed by atoms with Crippen LogP contribution in [-0.4, -0.2) is 21.8 Å². The second-order valence-corrected chi connectivity index (χ2v) is 5.12. The zero-order valence-electron chi connectivity index (χ0n) is 9.86. The van der Waals surface area contributed by atoms with Crippen molar-refractivity contribution in [1.82, 2.24) is 14.8 Å². The van der Waals surface area contributed by atoms with Gasteiger partial charge in [0.25, 0.3) is 0 Å². The van der Waals surface area contributed by atoms with E-state index in [-0.39, 0.29) is 5.15 Å². The van der Waals surface area contributed by atoms with Crippen molar-refractivity contribution in [3.63, 3.8) is 0 Å². The third kappa shape index (κ3) is 2.88. The SMILES string of the molecule is CN(Cc1cnn(C)c1)c1nc(Cl)c(Cl)cc1Cl. The number of aromatic nitrogens is 3. The average molecular weight is 306 g/mol. The number of anilines is 1. The van der Waals surface area contributed by atoms with Crippen LogP contribution < -0.4 is 4.90 Å². The van der Waals surface area contributed by atoms with Gasteiger partial charge >= 0.3 is 0 Å². The maximum Gasteiger partial charge on any atom is 0.150 e. The van der Waals surface area contributed by atoms with Crippen molar-refractivity contribution in [2.24, 2.45) is 7.05 Å². The Morgan fingerprint density at radius 3 is 2.61 bits per heavy atom. The second-order valence-electron chi connectivity index (χ2n) is 3.94. The molecule has 0 aliphatic carbocycles. The van der Waals surface area contributed by atoms with E-state index in [4.69, 9.17) is 34.8 Å². The molecule has 0 atom stereocenters. The van der Waals surface area contributed by atoms with Crippen molar-refractivity contribution in [3.8, 4) is 0 Å². The van der Waals surface area contributed by atoms with Crippen LogP contribution in [0.4, 0.5) is 5.82 Å². The molecule has 2 heterocycles. The lowest BCUT2D eigenvalue weighted by molar-refractivity contribution is 0.766. The number of hydrogen-bond acceptors (Lipinski definition) is 3. The van der Waals surface area contributed by atoms with E-state index in [1.165, 1.54) is 0 Å². The van der Waals surface area contributed by atoms with E-state index in [1.54, 1.807) is 16.9 Å². The Kier molecular flexibility index (Phi) is 4.00. The zero-order chi connectivity index (χ0) is 13.3. The summed E-state index contributed by atoms with van der Waals surface area (Å²) in [5, 5.41) is 5.17. The largest absolute Gasteiger partial charge is 0.354 e.